The highest BCUT2D eigenvalue weighted by Crippen LogP contribution is 2.38. The maximum absolute atomic E-state index is 14.3. The SMILES string of the molecule is CCN(CC)CCN(C(=O)c1c(C)c(/C=C2\C(=O)Nc3ccc(F)cc32)n(C(C)(C)CC)c1C)C(C)(C)C. The molecule has 2 heterocycles. The first-order valence-corrected chi connectivity index (χ1v) is 13.8. The second kappa shape index (κ2) is 11.0. The second-order valence-electron chi connectivity index (χ2n) is 11.8. The molecule has 38 heavy (non-hydrogen) atoms. The molecule has 0 radical (unpaired) electrons. The number of anilines is 1. The molecule has 1 aromatic heterocycles. The number of hydrogen-bond donors (Lipinski definition) is 1. The fourth-order valence-electron chi connectivity index (χ4n) is 5.38. The van der Waals surface area contributed by atoms with Crippen molar-refractivity contribution in [3.63, 3.8) is 0 Å². The van der Waals surface area contributed by atoms with Crippen molar-refractivity contribution in [2.75, 3.05) is 31.5 Å². The van der Waals surface area contributed by atoms with Gasteiger partial charge in [-0.05, 0) is 97.8 Å². The van der Waals surface area contributed by atoms with Crippen LogP contribution >= 0.6 is 0 Å². The van der Waals surface area contributed by atoms with Crippen LogP contribution in [0.1, 0.15) is 94.7 Å². The molecule has 6 nitrogen and oxygen atoms in total. The number of likely N-dealkylation sites (N-methyl/N-ethyl adjacent to an activating group) is 1. The minimum atomic E-state index is -0.395. The van der Waals surface area contributed by atoms with E-state index in [0.717, 1.165) is 43.0 Å². The van der Waals surface area contributed by atoms with E-state index in [9.17, 15) is 14.0 Å². The van der Waals surface area contributed by atoms with E-state index in [1.807, 2.05) is 24.8 Å². The summed E-state index contributed by atoms with van der Waals surface area (Å²) in [4.78, 5) is 31.5. The number of benzene rings is 1. The number of halogens is 1. The number of carbonyl (C=O) groups excluding carboxylic acids is 2. The highest BCUT2D eigenvalue weighted by atomic mass is 19.1. The average molecular weight is 525 g/mol. The van der Waals surface area contributed by atoms with Crippen LogP contribution in [0.4, 0.5) is 10.1 Å². The number of rotatable bonds is 9. The van der Waals surface area contributed by atoms with Crippen molar-refractivity contribution in [1.29, 1.82) is 0 Å². The van der Waals surface area contributed by atoms with Crippen molar-refractivity contribution in [3.8, 4) is 0 Å². The molecular formula is C31H45FN4O2. The Kier molecular flexibility index (Phi) is 8.61. The van der Waals surface area contributed by atoms with Gasteiger partial charge in [0.15, 0.2) is 0 Å². The van der Waals surface area contributed by atoms with Crippen molar-refractivity contribution in [1.82, 2.24) is 14.4 Å². The minimum absolute atomic E-state index is 0.00715. The van der Waals surface area contributed by atoms with Crippen LogP contribution in [-0.4, -0.2) is 57.9 Å². The number of amides is 2. The zero-order valence-corrected chi connectivity index (χ0v) is 24.9. The minimum Gasteiger partial charge on any atom is -0.339 e. The molecule has 1 N–H and O–H groups in total. The number of nitrogens with zero attached hydrogens (tertiary/aromatic N) is 3. The monoisotopic (exact) mass is 524 g/mol. The smallest absolute Gasteiger partial charge is 0.256 e. The van der Waals surface area contributed by atoms with Crippen LogP contribution in [0.5, 0.6) is 0 Å². The zero-order valence-electron chi connectivity index (χ0n) is 24.9. The van der Waals surface area contributed by atoms with Gasteiger partial charge in [0.1, 0.15) is 5.82 Å². The largest absolute Gasteiger partial charge is 0.339 e. The van der Waals surface area contributed by atoms with Crippen LogP contribution in [0, 0.1) is 19.7 Å². The molecule has 0 unspecified atom stereocenters. The van der Waals surface area contributed by atoms with Gasteiger partial charge in [-0.2, -0.15) is 0 Å². The Hall–Kier alpha value is -2.93. The first-order valence-electron chi connectivity index (χ1n) is 13.8. The number of fused-ring (bicyclic) bond motifs is 1. The third-order valence-electron chi connectivity index (χ3n) is 8.02. The molecule has 208 valence electrons. The molecule has 1 aromatic carbocycles. The summed E-state index contributed by atoms with van der Waals surface area (Å²) in [6.07, 6.45) is 2.66. The van der Waals surface area contributed by atoms with Crippen molar-refractivity contribution >= 4 is 29.2 Å². The van der Waals surface area contributed by atoms with E-state index in [4.69, 9.17) is 0 Å². The van der Waals surface area contributed by atoms with Crippen LogP contribution < -0.4 is 5.32 Å². The quantitative estimate of drug-likeness (QED) is 0.383. The molecular weight excluding hydrogens is 479 g/mol. The highest BCUT2D eigenvalue weighted by Gasteiger charge is 2.35. The van der Waals surface area contributed by atoms with E-state index in [2.05, 4.69) is 70.2 Å². The Bertz CT molecular complexity index is 1250. The molecule has 0 saturated carbocycles. The van der Waals surface area contributed by atoms with Gasteiger partial charge in [-0.25, -0.2) is 4.39 Å². The maximum Gasteiger partial charge on any atom is 0.256 e. The van der Waals surface area contributed by atoms with Crippen molar-refractivity contribution < 1.29 is 14.0 Å². The first kappa shape index (κ1) is 29.6. The predicted octanol–water partition coefficient (Wildman–Crippen LogP) is 6.46. The molecule has 0 bridgehead atoms. The molecule has 0 fully saturated rings. The van der Waals surface area contributed by atoms with Gasteiger partial charge in [0, 0.05) is 46.8 Å². The van der Waals surface area contributed by atoms with Crippen LogP contribution in [0.2, 0.25) is 0 Å². The van der Waals surface area contributed by atoms with Gasteiger partial charge in [0.05, 0.1) is 11.1 Å². The zero-order chi connectivity index (χ0) is 28.6. The van der Waals surface area contributed by atoms with E-state index in [-0.39, 0.29) is 22.9 Å². The summed E-state index contributed by atoms with van der Waals surface area (Å²) < 4.78 is 16.3. The molecule has 0 spiro atoms. The Morgan fingerprint density at radius 1 is 1.05 bits per heavy atom. The van der Waals surface area contributed by atoms with Crippen molar-refractivity contribution in [2.45, 2.75) is 86.7 Å². The fraction of sp³-hybridized carbons (Fsp3) is 0.548. The molecule has 0 saturated heterocycles. The van der Waals surface area contributed by atoms with E-state index in [1.165, 1.54) is 12.1 Å². The molecule has 0 aliphatic carbocycles. The Morgan fingerprint density at radius 3 is 2.24 bits per heavy atom. The third-order valence-corrected chi connectivity index (χ3v) is 8.02. The van der Waals surface area contributed by atoms with E-state index >= 15 is 0 Å². The Balaban J connectivity index is 2.21. The summed E-state index contributed by atoms with van der Waals surface area (Å²) in [6, 6.07) is 4.32. The number of aromatic nitrogens is 1. The molecule has 1 aliphatic heterocycles. The van der Waals surface area contributed by atoms with Crippen LogP contribution in [-0.2, 0) is 10.3 Å². The van der Waals surface area contributed by atoms with Gasteiger partial charge in [0.2, 0.25) is 0 Å². The van der Waals surface area contributed by atoms with E-state index in [0.29, 0.717) is 28.9 Å². The molecule has 7 heteroatoms. The standard InChI is InChI=1S/C31H45FN4O2/c1-11-31(9,10)36-21(5)27(29(38)35(30(6,7)8)17-16-34(12-2)13-3)20(4)26(36)19-24-23-18-22(32)14-15-25(23)33-28(24)37/h14-15,18-19H,11-13,16-17H2,1-10H3,(H,33,37)/b24-19-. The Morgan fingerprint density at radius 2 is 1.68 bits per heavy atom. The van der Waals surface area contributed by atoms with Gasteiger partial charge < -0.3 is 19.7 Å². The van der Waals surface area contributed by atoms with Gasteiger partial charge in [-0.3, -0.25) is 9.59 Å². The summed E-state index contributed by atoms with van der Waals surface area (Å²) in [7, 11) is 0. The molecule has 1 aliphatic rings. The summed E-state index contributed by atoms with van der Waals surface area (Å²) in [5.41, 5.74) is 4.04. The summed E-state index contributed by atoms with van der Waals surface area (Å²) in [5, 5.41) is 2.84. The average Bonchev–Trinajstić information content (AvgIpc) is 3.28. The van der Waals surface area contributed by atoms with Crippen molar-refractivity contribution in [3.05, 3.63) is 52.1 Å². The molecule has 2 amide bonds. The molecule has 0 atom stereocenters. The van der Waals surface area contributed by atoms with Gasteiger partial charge in [0.25, 0.3) is 11.8 Å². The van der Waals surface area contributed by atoms with E-state index in [1.54, 1.807) is 6.07 Å². The normalized spacial score (nSPS) is 14.8. The predicted molar refractivity (Wildman–Crippen MR) is 155 cm³/mol. The summed E-state index contributed by atoms with van der Waals surface area (Å²) >= 11 is 0. The lowest BCUT2D eigenvalue weighted by atomic mass is 9.99. The van der Waals surface area contributed by atoms with Crippen LogP contribution in [0.3, 0.4) is 0 Å². The summed E-state index contributed by atoms with van der Waals surface area (Å²) in [5.74, 6) is -0.673. The highest BCUT2D eigenvalue weighted by molar-refractivity contribution is 6.35. The number of hydrogen-bond acceptors (Lipinski definition) is 3. The van der Waals surface area contributed by atoms with E-state index < -0.39 is 5.82 Å². The first-order chi connectivity index (χ1) is 17.7. The van der Waals surface area contributed by atoms with Gasteiger partial charge in [-0.1, -0.05) is 20.8 Å². The third kappa shape index (κ3) is 5.58. The van der Waals surface area contributed by atoms with Crippen LogP contribution in [0.15, 0.2) is 18.2 Å². The lowest BCUT2D eigenvalue weighted by Gasteiger charge is -2.37. The van der Waals surface area contributed by atoms with Crippen LogP contribution in [0.25, 0.3) is 11.6 Å². The molecule has 3 rings (SSSR count). The van der Waals surface area contributed by atoms with Gasteiger partial charge in [-0.15, -0.1) is 0 Å². The second-order valence-corrected chi connectivity index (χ2v) is 11.8. The molecule has 2 aromatic rings. The Labute approximate surface area is 227 Å². The number of carbonyl (C=O) groups is 2. The fourth-order valence-corrected chi connectivity index (χ4v) is 5.38. The van der Waals surface area contributed by atoms with Gasteiger partial charge >= 0.3 is 0 Å². The maximum atomic E-state index is 14.3. The topological polar surface area (TPSA) is 57.6 Å². The van der Waals surface area contributed by atoms with Crippen molar-refractivity contribution in [2.24, 2.45) is 0 Å². The lowest BCUT2D eigenvalue weighted by Crippen LogP contribution is -2.49. The number of nitrogens with one attached hydrogen (secondary N) is 1. The lowest BCUT2D eigenvalue weighted by molar-refractivity contribution is -0.110. The summed E-state index contributed by atoms with van der Waals surface area (Å²) in [6.45, 7) is 24.1.